The van der Waals surface area contributed by atoms with Crippen LogP contribution < -0.4 is 5.63 Å². The Labute approximate surface area is 138 Å². The summed E-state index contributed by atoms with van der Waals surface area (Å²) in [5.41, 5.74) is -0.884. The predicted molar refractivity (Wildman–Crippen MR) is 92.2 cm³/mol. The van der Waals surface area contributed by atoms with E-state index in [0.717, 1.165) is 38.5 Å². The summed E-state index contributed by atoms with van der Waals surface area (Å²) in [5, 5.41) is 9.99. The number of carbonyl (C=O) groups is 1. The Kier molecular flexibility index (Phi) is 9.34. The largest absolute Gasteiger partial charge is 0.507 e. The molecule has 4 nitrogen and oxygen atoms in total. The minimum Gasteiger partial charge on any atom is -0.507 e. The first-order valence-electron chi connectivity index (χ1n) is 8.99. The molecule has 0 aliphatic heterocycles. The molecule has 4 heteroatoms. The van der Waals surface area contributed by atoms with Gasteiger partial charge in [0.05, 0.1) is 0 Å². The molecule has 0 radical (unpaired) electrons. The van der Waals surface area contributed by atoms with Gasteiger partial charge in [-0.3, -0.25) is 4.79 Å². The van der Waals surface area contributed by atoms with Crippen LogP contribution in [0.15, 0.2) is 15.3 Å². The summed E-state index contributed by atoms with van der Waals surface area (Å²) in [4.78, 5) is 24.1. The Morgan fingerprint density at radius 3 is 2.26 bits per heavy atom. The molecule has 23 heavy (non-hydrogen) atoms. The average molecular weight is 322 g/mol. The second-order valence-corrected chi connectivity index (χ2v) is 6.16. The zero-order chi connectivity index (χ0) is 17.1. The summed E-state index contributed by atoms with van der Waals surface area (Å²) in [6.07, 6.45) is 10.4. The Hall–Kier alpha value is -1.58. The fraction of sp³-hybridized carbons (Fsp3) is 0.684. The highest BCUT2D eigenvalue weighted by atomic mass is 16.4. The van der Waals surface area contributed by atoms with Crippen LogP contribution in [0.2, 0.25) is 0 Å². The molecule has 0 atom stereocenters. The summed E-state index contributed by atoms with van der Waals surface area (Å²) in [7, 11) is 0. The van der Waals surface area contributed by atoms with Crippen molar-refractivity contribution >= 4 is 5.78 Å². The third-order valence-corrected chi connectivity index (χ3v) is 4.04. The molecule has 1 N–H and O–H groups in total. The van der Waals surface area contributed by atoms with E-state index in [9.17, 15) is 14.7 Å². The minimum absolute atomic E-state index is 0.183. The second kappa shape index (κ2) is 11.0. The zero-order valence-electron chi connectivity index (χ0n) is 14.5. The zero-order valence-corrected chi connectivity index (χ0v) is 14.5. The van der Waals surface area contributed by atoms with E-state index in [1.165, 1.54) is 25.3 Å². The smallest absolute Gasteiger partial charge is 0.350 e. The van der Waals surface area contributed by atoms with Gasteiger partial charge in [0.25, 0.3) is 0 Å². The van der Waals surface area contributed by atoms with Crippen LogP contribution in [0.4, 0.5) is 0 Å². The van der Waals surface area contributed by atoms with Gasteiger partial charge < -0.3 is 9.52 Å². The van der Waals surface area contributed by atoms with Crippen LogP contribution in [0.3, 0.4) is 0 Å². The van der Waals surface area contributed by atoms with Crippen molar-refractivity contribution in [2.24, 2.45) is 0 Å². The topological polar surface area (TPSA) is 67.5 Å². The van der Waals surface area contributed by atoms with Crippen LogP contribution in [0, 0.1) is 0 Å². The molecule has 0 spiro atoms. The lowest BCUT2D eigenvalue weighted by Crippen LogP contribution is -2.15. The normalized spacial score (nSPS) is 10.9. The number of rotatable bonds is 12. The van der Waals surface area contributed by atoms with Crippen LogP contribution >= 0.6 is 0 Å². The van der Waals surface area contributed by atoms with Gasteiger partial charge in [-0.1, -0.05) is 58.8 Å². The van der Waals surface area contributed by atoms with Crippen LogP contribution in [0.1, 0.15) is 94.2 Å². The maximum Gasteiger partial charge on any atom is 0.350 e. The number of aromatic hydroxyl groups is 1. The number of aryl methyl sites for hydroxylation is 1. The van der Waals surface area contributed by atoms with E-state index in [-0.39, 0.29) is 17.1 Å². The summed E-state index contributed by atoms with van der Waals surface area (Å²) < 4.78 is 5.18. The highest BCUT2D eigenvalue weighted by molar-refractivity contribution is 5.97. The van der Waals surface area contributed by atoms with E-state index in [2.05, 4.69) is 13.8 Å². The number of hydrogen-bond donors (Lipinski definition) is 1. The summed E-state index contributed by atoms with van der Waals surface area (Å²) in [6, 6.07) is 1.42. The third-order valence-electron chi connectivity index (χ3n) is 4.04. The Morgan fingerprint density at radius 2 is 1.61 bits per heavy atom. The highest BCUT2D eigenvalue weighted by Crippen LogP contribution is 2.19. The summed E-state index contributed by atoms with van der Waals surface area (Å²) in [5.74, 6) is -0.0901. The maximum atomic E-state index is 12.1. The number of hydrogen-bond acceptors (Lipinski definition) is 4. The van der Waals surface area contributed by atoms with Gasteiger partial charge in [0.1, 0.15) is 17.1 Å². The molecule has 0 unspecified atom stereocenters. The Bertz CT molecular complexity index is 531. The molecule has 0 bridgehead atoms. The molecule has 0 aliphatic rings. The van der Waals surface area contributed by atoms with Crippen molar-refractivity contribution in [3.63, 3.8) is 0 Å². The molecule has 1 heterocycles. The molecule has 0 fully saturated rings. The van der Waals surface area contributed by atoms with Crippen molar-refractivity contribution in [3.8, 4) is 5.75 Å². The first kappa shape index (κ1) is 19.5. The number of unbranched alkanes of at least 4 members (excludes halogenated alkanes) is 7. The maximum absolute atomic E-state index is 12.1. The Balaban J connectivity index is 2.55. The fourth-order valence-corrected chi connectivity index (χ4v) is 2.65. The summed E-state index contributed by atoms with van der Waals surface area (Å²) in [6.45, 7) is 4.26. The molecule has 130 valence electrons. The van der Waals surface area contributed by atoms with Crippen molar-refractivity contribution in [1.82, 2.24) is 0 Å². The second-order valence-electron chi connectivity index (χ2n) is 6.16. The molecular formula is C19H30O4. The monoisotopic (exact) mass is 322 g/mol. The quantitative estimate of drug-likeness (QED) is 0.434. The lowest BCUT2D eigenvalue weighted by atomic mass is 10.0. The molecule has 1 aromatic heterocycles. The number of Topliss-reactive ketones (excluding diaryl/α,β-unsaturated/α-hetero) is 1. The molecule has 0 saturated carbocycles. The van der Waals surface area contributed by atoms with E-state index in [1.54, 1.807) is 0 Å². The number of carbonyl (C=O) groups excluding carboxylic acids is 1. The SMILES string of the molecule is CCCCCCCCC(=O)c1c(O)cc(CCCCC)oc1=O. The summed E-state index contributed by atoms with van der Waals surface area (Å²) >= 11 is 0. The van der Waals surface area contributed by atoms with E-state index in [0.29, 0.717) is 18.6 Å². The van der Waals surface area contributed by atoms with E-state index < -0.39 is 5.63 Å². The van der Waals surface area contributed by atoms with Crippen molar-refractivity contribution < 1.29 is 14.3 Å². The molecule has 1 rings (SSSR count). The van der Waals surface area contributed by atoms with Crippen molar-refractivity contribution in [2.75, 3.05) is 0 Å². The first-order chi connectivity index (χ1) is 11.1. The highest BCUT2D eigenvalue weighted by Gasteiger charge is 2.18. The standard InChI is InChI=1S/C19H30O4/c1-3-5-7-8-9-11-13-16(20)18-17(21)14-15(23-19(18)22)12-10-6-4-2/h14,21H,3-13H2,1-2H3. The van der Waals surface area contributed by atoms with Crippen LogP contribution in [-0.2, 0) is 6.42 Å². The van der Waals surface area contributed by atoms with E-state index >= 15 is 0 Å². The number of ketones is 1. The van der Waals surface area contributed by atoms with Gasteiger partial charge in [0.15, 0.2) is 5.78 Å². The molecule has 0 saturated heterocycles. The van der Waals surface area contributed by atoms with Gasteiger partial charge in [-0.15, -0.1) is 0 Å². The lowest BCUT2D eigenvalue weighted by molar-refractivity contribution is 0.0971. The van der Waals surface area contributed by atoms with Crippen LogP contribution in [-0.4, -0.2) is 10.9 Å². The molecular weight excluding hydrogens is 292 g/mol. The third kappa shape index (κ3) is 7.02. The van der Waals surface area contributed by atoms with Gasteiger partial charge in [0.2, 0.25) is 0 Å². The lowest BCUT2D eigenvalue weighted by Gasteiger charge is -2.05. The van der Waals surface area contributed by atoms with Crippen molar-refractivity contribution in [2.45, 2.75) is 84.5 Å². The van der Waals surface area contributed by atoms with E-state index in [4.69, 9.17) is 4.42 Å². The van der Waals surface area contributed by atoms with Crippen molar-refractivity contribution in [1.29, 1.82) is 0 Å². The van der Waals surface area contributed by atoms with Crippen LogP contribution in [0.25, 0.3) is 0 Å². The van der Waals surface area contributed by atoms with Gasteiger partial charge in [-0.25, -0.2) is 4.79 Å². The minimum atomic E-state index is -0.701. The molecule has 0 amide bonds. The average Bonchev–Trinajstić information content (AvgIpc) is 2.50. The van der Waals surface area contributed by atoms with Gasteiger partial charge in [0, 0.05) is 18.9 Å². The predicted octanol–water partition coefficient (Wildman–Crippen LogP) is 5.01. The van der Waals surface area contributed by atoms with Gasteiger partial charge in [-0.2, -0.15) is 0 Å². The molecule has 0 aromatic carbocycles. The molecule has 0 aliphatic carbocycles. The van der Waals surface area contributed by atoms with Crippen LogP contribution in [0.5, 0.6) is 5.75 Å². The van der Waals surface area contributed by atoms with Crippen molar-refractivity contribution in [3.05, 3.63) is 27.8 Å². The first-order valence-corrected chi connectivity index (χ1v) is 8.99. The van der Waals surface area contributed by atoms with Gasteiger partial charge >= 0.3 is 5.63 Å². The fourth-order valence-electron chi connectivity index (χ4n) is 2.65. The molecule has 1 aromatic rings. The Morgan fingerprint density at radius 1 is 1.00 bits per heavy atom. The van der Waals surface area contributed by atoms with E-state index in [1.807, 2.05) is 0 Å². The van der Waals surface area contributed by atoms with Gasteiger partial charge in [-0.05, 0) is 12.8 Å².